The molecule has 0 N–H and O–H groups in total. The van der Waals surface area contributed by atoms with Gasteiger partial charge in [0, 0.05) is 30.3 Å². The molecule has 4 rings (SSSR count). The van der Waals surface area contributed by atoms with Crippen LogP contribution in [0.1, 0.15) is 62.0 Å². The van der Waals surface area contributed by atoms with Gasteiger partial charge >= 0.3 is 0 Å². The number of halogens is 1. The number of likely N-dealkylation sites (tertiary alicyclic amines) is 1. The van der Waals surface area contributed by atoms with E-state index in [0.29, 0.717) is 11.6 Å². The van der Waals surface area contributed by atoms with Crippen LogP contribution in [0, 0.1) is 6.92 Å². The van der Waals surface area contributed by atoms with Crippen molar-refractivity contribution in [1.82, 2.24) is 4.90 Å². The third kappa shape index (κ3) is 3.62. The standard InChI is InChI=1S/C24H30ClNO2/c1-5-27-22-14-23(20(25)13-17(22)15-26-12-11-24(26,3)4)28-21-10-9-18-16(2)7-6-8-19(18)21/h6-8,13-14,21H,5,9-12,15H2,1-4H3/t21-/m0/s1. The largest absolute Gasteiger partial charge is 0.493 e. The van der Waals surface area contributed by atoms with Crippen LogP contribution in [-0.4, -0.2) is 23.6 Å². The van der Waals surface area contributed by atoms with Gasteiger partial charge in [0.15, 0.2) is 0 Å². The highest BCUT2D eigenvalue weighted by Gasteiger charge is 2.36. The SMILES string of the molecule is CCOc1cc(O[C@H]2CCc3c(C)cccc32)c(Cl)cc1CN1CCC1(C)C. The van der Waals surface area contributed by atoms with E-state index in [0.717, 1.165) is 43.0 Å². The number of hydrogen-bond donors (Lipinski definition) is 0. The van der Waals surface area contributed by atoms with Crippen molar-refractivity contribution in [2.24, 2.45) is 0 Å². The zero-order valence-corrected chi connectivity index (χ0v) is 18.1. The highest BCUT2D eigenvalue weighted by atomic mass is 35.5. The summed E-state index contributed by atoms with van der Waals surface area (Å²) in [4.78, 5) is 2.47. The van der Waals surface area contributed by atoms with Crippen molar-refractivity contribution in [2.75, 3.05) is 13.2 Å². The van der Waals surface area contributed by atoms with Crippen LogP contribution in [0.4, 0.5) is 0 Å². The minimum absolute atomic E-state index is 0.0574. The molecule has 3 nitrogen and oxygen atoms in total. The number of aryl methyl sites for hydroxylation is 1. The van der Waals surface area contributed by atoms with E-state index in [-0.39, 0.29) is 11.6 Å². The molecule has 2 aromatic carbocycles. The fourth-order valence-electron chi connectivity index (χ4n) is 4.37. The summed E-state index contributed by atoms with van der Waals surface area (Å²) in [6.45, 7) is 11.4. The monoisotopic (exact) mass is 399 g/mol. The lowest BCUT2D eigenvalue weighted by Crippen LogP contribution is -2.54. The van der Waals surface area contributed by atoms with Crippen LogP contribution in [-0.2, 0) is 13.0 Å². The second kappa shape index (κ2) is 7.61. The first kappa shape index (κ1) is 19.6. The summed E-state index contributed by atoms with van der Waals surface area (Å²) in [5.41, 5.74) is 5.44. The molecule has 2 aliphatic rings. The predicted molar refractivity (Wildman–Crippen MR) is 115 cm³/mol. The van der Waals surface area contributed by atoms with Crippen LogP contribution in [0.15, 0.2) is 30.3 Å². The summed E-state index contributed by atoms with van der Waals surface area (Å²) >= 11 is 6.65. The first-order chi connectivity index (χ1) is 13.4. The number of ether oxygens (including phenoxy) is 2. The number of benzene rings is 2. The van der Waals surface area contributed by atoms with E-state index in [2.05, 4.69) is 43.9 Å². The molecule has 0 aromatic heterocycles. The molecule has 1 aliphatic heterocycles. The average molecular weight is 400 g/mol. The minimum Gasteiger partial charge on any atom is -0.493 e. The highest BCUT2D eigenvalue weighted by molar-refractivity contribution is 6.32. The zero-order chi connectivity index (χ0) is 19.9. The summed E-state index contributed by atoms with van der Waals surface area (Å²) in [6, 6.07) is 10.5. The van der Waals surface area contributed by atoms with Gasteiger partial charge in [-0.1, -0.05) is 29.8 Å². The highest BCUT2D eigenvalue weighted by Crippen LogP contribution is 2.42. The molecule has 0 spiro atoms. The number of fused-ring (bicyclic) bond motifs is 1. The molecule has 1 aliphatic carbocycles. The summed E-state index contributed by atoms with van der Waals surface area (Å²) in [5, 5.41) is 0.665. The quantitative estimate of drug-likeness (QED) is 0.585. The Kier molecular flexibility index (Phi) is 5.32. The maximum Gasteiger partial charge on any atom is 0.142 e. The zero-order valence-electron chi connectivity index (χ0n) is 17.3. The molecule has 28 heavy (non-hydrogen) atoms. The molecule has 0 saturated carbocycles. The predicted octanol–water partition coefficient (Wildman–Crippen LogP) is 6.10. The number of rotatable bonds is 6. The Bertz CT molecular complexity index is 877. The molecular weight excluding hydrogens is 370 g/mol. The van der Waals surface area contributed by atoms with Crippen molar-refractivity contribution in [3.63, 3.8) is 0 Å². The molecule has 1 fully saturated rings. The molecule has 0 bridgehead atoms. The van der Waals surface area contributed by atoms with Crippen molar-refractivity contribution in [1.29, 1.82) is 0 Å². The van der Waals surface area contributed by atoms with E-state index in [4.69, 9.17) is 21.1 Å². The average Bonchev–Trinajstić information content (AvgIpc) is 3.06. The van der Waals surface area contributed by atoms with Crippen LogP contribution >= 0.6 is 11.6 Å². The van der Waals surface area contributed by atoms with E-state index in [1.807, 2.05) is 19.1 Å². The van der Waals surface area contributed by atoms with Crippen molar-refractivity contribution < 1.29 is 9.47 Å². The lowest BCUT2D eigenvalue weighted by atomic mass is 9.88. The first-order valence-electron chi connectivity index (χ1n) is 10.3. The van der Waals surface area contributed by atoms with Crippen molar-refractivity contribution in [3.05, 3.63) is 57.6 Å². The molecule has 150 valence electrons. The van der Waals surface area contributed by atoms with Gasteiger partial charge in [0.25, 0.3) is 0 Å². The Labute approximate surface area is 173 Å². The molecule has 2 aromatic rings. The lowest BCUT2D eigenvalue weighted by molar-refractivity contribution is 0.00727. The van der Waals surface area contributed by atoms with E-state index in [9.17, 15) is 0 Å². The molecule has 1 atom stereocenters. The van der Waals surface area contributed by atoms with Crippen LogP contribution < -0.4 is 9.47 Å². The molecule has 1 heterocycles. The second-order valence-electron chi connectivity index (χ2n) is 8.60. The fraction of sp³-hybridized carbons (Fsp3) is 0.500. The smallest absolute Gasteiger partial charge is 0.142 e. The van der Waals surface area contributed by atoms with Gasteiger partial charge in [-0.3, -0.25) is 4.90 Å². The summed E-state index contributed by atoms with van der Waals surface area (Å²) in [7, 11) is 0. The number of nitrogens with zero attached hydrogens (tertiary/aromatic N) is 1. The Morgan fingerprint density at radius 3 is 2.71 bits per heavy atom. The van der Waals surface area contributed by atoms with Crippen molar-refractivity contribution >= 4 is 11.6 Å². The van der Waals surface area contributed by atoms with Gasteiger partial charge in [-0.25, -0.2) is 0 Å². The van der Waals surface area contributed by atoms with Gasteiger partial charge < -0.3 is 9.47 Å². The first-order valence-corrected chi connectivity index (χ1v) is 10.7. The summed E-state index contributed by atoms with van der Waals surface area (Å²) < 4.78 is 12.3. The molecule has 0 amide bonds. The fourth-order valence-corrected chi connectivity index (χ4v) is 4.60. The lowest BCUT2D eigenvalue weighted by Gasteiger charge is -2.48. The molecule has 4 heteroatoms. The third-order valence-electron chi connectivity index (χ3n) is 6.34. The maximum absolute atomic E-state index is 6.65. The van der Waals surface area contributed by atoms with E-state index < -0.39 is 0 Å². The van der Waals surface area contributed by atoms with Crippen LogP contribution in [0.2, 0.25) is 5.02 Å². The summed E-state index contributed by atoms with van der Waals surface area (Å²) in [5.74, 6) is 1.60. The molecule has 0 radical (unpaired) electrons. The summed E-state index contributed by atoms with van der Waals surface area (Å²) in [6.07, 6.45) is 3.34. The molecular formula is C24H30ClNO2. The van der Waals surface area contributed by atoms with Crippen molar-refractivity contribution in [2.45, 2.75) is 65.1 Å². The van der Waals surface area contributed by atoms with E-state index in [1.165, 1.54) is 23.1 Å². The Hall–Kier alpha value is -1.71. The molecule has 0 unspecified atom stereocenters. The maximum atomic E-state index is 6.65. The van der Waals surface area contributed by atoms with Crippen molar-refractivity contribution in [3.8, 4) is 11.5 Å². The van der Waals surface area contributed by atoms with Crippen LogP contribution in [0.25, 0.3) is 0 Å². The number of hydrogen-bond acceptors (Lipinski definition) is 3. The Morgan fingerprint density at radius 1 is 1.21 bits per heavy atom. The molecule has 1 saturated heterocycles. The third-order valence-corrected chi connectivity index (χ3v) is 6.64. The minimum atomic E-state index is 0.0574. The van der Waals surface area contributed by atoms with Crippen LogP contribution in [0.3, 0.4) is 0 Å². The normalized spacial score (nSPS) is 20.5. The van der Waals surface area contributed by atoms with E-state index in [1.54, 1.807) is 0 Å². The Balaban J connectivity index is 1.59. The van der Waals surface area contributed by atoms with Gasteiger partial charge in [0.2, 0.25) is 0 Å². The van der Waals surface area contributed by atoms with Gasteiger partial charge in [-0.05, 0) is 69.7 Å². The van der Waals surface area contributed by atoms with Gasteiger partial charge in [-0.15, -0.1) is 0 Å². The van der Waals surface area contributed by atoms with E-state index >= 15 is 0 Å². The van der Waals surface area contributed by atoms with Gasteiger partial charge in [-0.2, -0.15) is 0 Å². The second-order valence-corrected chi connectivity index (χ2v) is 9.00. The topological polar surface area (TPSA) is 21.7 Å². The van der Waals surface area contributed by atoms with Crippen LogP contribution in [0.5, 0.6) is 11.5 Å². The Morgan fingerprint density at radius 2 is 2.04 bits per heavy atom. The van der Waals surface area contributed by atoms with Gasteiger partial charge in [0.1, 0.15) is 17.6 Å². The van der Waals surface area contributed by atoms with Gasteiger partial charge in [0.05, 0.1) is 11.6 Å².